The normalized spacial score (nSPS) is 17.6. The Hall–Kier alpha value is -0.617. The summed E-state index contributed by atoms with van der Waals surface area (Å²) in [6.07, 6.45) is 5.11. The summed E-state index contributed by atoms with van der Waals surface area (Å²) >= 11 is -0.862. The van der Waals surface area contributed by atoms with Gasteiger partial charge < -0.3 is 24.8 Å². The molecular formula is C31H40Cl2Zr. The maximum atomic E-state index is 2.58. The molecular weight excluding hydrogens is 534 g/mol. The predicted molar refractivity (Wildman–Crippen MR) is 136 cm³/mol. The molecule has 2 aliphatic rings. The van der Waals surface area contributed by atoms with Crippen molar-refractivity contribution in [1.82, 2.24) is 0 Å². The molecule has 0 saturated heterocycles. The zero-order chi connectivity index (χ0) is 23.6. The number of allylic oxidation sites excluding steroid dienone is 4. The molecule has 0 saturated carbocycles. The molecule has 3 heteroatoms. The molecule has 2 aromatic carbocycles. The van der Waals surface area contributed by atoms with Gasteiger partial charge in [-0.3, -0.25) is 0 Å². The summed E-state index contributed by atoms with van der Waals surface area (Å²) < 4.78 is 2.36. The van der Waals surface area contributed by atoms with Crippen LogP contribution in [0.4, 0.5) is 0 Å². The third-order valence-electron chi connectivity index (χ3n) is 7.16. The second kappa shape index (κ2) is 10.0. The Morgan fingerprint density at radius 2 is 1.09 bits per heavy atom. The largest absolute Gasteiger partial charge is 1.00 e. The van der Waals surface area contributed by atoms with Crippen molar-refractivity contribution in [3.05, 3.63) is 79.7 Å². The van der Waals surface area contributed by atoms with Gasteiger partial charge in [0.25, 0.3) is 0 Å². The monoisotopic (exact) mass is 572 g/mol. The zero-order valence-corrected chi connectivity index (χ0v) is 26.5. The first-order valence-electron chi connectivity index (χ1n) is 12.2. The maximum absolute atomic E-state index is 2.58. The van der Waals surface area contributed by atoms with Crippen LogP contribution in [0.1, 0.15) is 95.1 Å². The van der Waals surface area contributed by atoms with Gasteiger partial charge in [-0.15, -0.1) is 0 Å². The Bertz CT molecular complexity index is 1050. The van der Waals surface area contributed by atoms with Crippen LogP contribution in [0.2, 0.25) is 0 Å². The van der Waals surface area contributed by atoms with Gasteiger partial charge in [0.1, 0.15) is 0 Å². The second-order valence-corrected chi connectivity index (χ2v) is 16.5. The van der Waals surface area contributed by atoms with Crippen molar-refractivity contribution in [3.63, 3.8) is 0 Å². The number of hydrogen-bond acceptors (Lipinski definition) is 0. The number of benzene rings is 2. The molecule has 0 nitrogen and oxygen atoms in total. The summed E-state index contributed by atoms with van der Waals surface area (Å²) in [5.74, 6) is 0.597. The Kier molecular flexibility index (Phi) is 8.74. The van der Waals surface area contributed by atoms with Crippen molar-refractivity contribution in [2.45, 2.75) is 83.7 Å². The van der Waals surface area contributed by atoms with Gasteiger partial charge in [-0.1, -0.05) is 0 Å². The minimum atomic E-state index is -0.862. The summed E-state index contributed by atoms with van der Waals surface area (Å²) in [5.41, 5.74) is 11.2. The molecule has 0 aliphatic heterocycles. The van der Waals surface area contributed by atoms with Crippen LogP contribution < -0.4 is 24.8 Å². The van der Waals surface area contributed by atoms with Crippen molar-refractivity contribution in [2.24, 2.45) is 11.3 Å². The first-order valence-corrected chi connectivity index (χ1v) is 14.8. The topological polar surface area (TPSA) is 0 Å². The Morgan fingerprint density at radius 3 is 1.44 bits per heavy atom. The van der Waals surface area contributed by atoms with Gasteiger partial charge in [0.15, 0.2) is 0 Å². The minimum Gasteiger partial charge on any atom is -1.00 e. The molecule has 2 aliphatic carbocycles. The van der Waals surface area contributed by atoms with Gasteiger partial charge in [0.05, 0.1) is 0 Å². The van der Waals surface area contributed by atoms with Crippen LogP contribution in [0.5, 0.6) is 0 Å². The van der Waals surface area contributed by atoms with E-state index in [0.717, 1.165) is 0 Å². The number of hydrogen-bond donors (Lipinski definition) is 0. The Morgan fingerprint density at radius 1 is 0.647 bits per heavy atom. The fourth-order valence-electron chi connectivity index (χ4n) is 4.86. The van der Waals surface area contributed by atoms with Gasteiger partial charge in [0, 0.05) is 0 Å². The molecule has 0 bridgehead atoms. The van der Waals surface area contributed by atoms with E-state index in [9.17, 15) is 0 Å². The molecule has 34 heavy (non-hydrogen) atoms. The van der Waals surface area contributed by atoms with Crippen LogP contribution in [0.3, 0.4) is 0 Å². The van der Waals surface area contributed by atoms with Crippen LogP contribution in [-0.2, 0) is 34.1 Å². The Balaban J connectivity index is 0.00000204. The summed E-state index contributed by atoms with van der Waals surface area (Å²) in [4.78, 5) is 0. The van der Waals surface area contributed by atoms with Crippen molar-refractivity contribution < 1.29 is 48.0 Å². The van der Waals surface area contributed by atoms with E-state index in [4.69, 9.17) is 0 Å². The fourth-order valence-corrected chi connectivity index (χ4v) is 9.06. The standard InChI is InChI=1S/C21H25.C10H15.2ClH.Zr/c1-20(2,3)16-7-9-18-14(12-16)11-15-13-17(21(4,5)6)8-10-19(15)18;1-8-5-6-9(7-8)10(2,3)4;;;/h7-13H,1-6H3;6-8H,1-4H3;2*1H;/q;;;;+2/p-2. The molecule has 0 radical (unpaired) electrons. The number of fused-ring (bicyclic) bond motifs is 3. The van der Waals surface area contributed by atoms with Gasteiger partial charge in [-0.2, -0.15) is 0 Å². The molecule has 0 heterocycles. The van der Waals surface area contributed by atoms with E-state index < -0.39 is 23.2 Å². The van der Waals surface area contributed by atoms with E-state index in [0.29, 0.717) is 9.54 Å². The van der Waals surface area contributed by atoms with Gasteiger partial charge in [-0.05, 0) is 0 Å². The summed E-state index contributed by atoms with van der Waals surface area (Å²) in [7, 11) is 0. The molecule has 182 valence electrons. The van der Waals surface area contributed by atoms with E-state index in [1.807, 2.05) is 0 Å². The molecule has 0 N–H and O–H groups in total. The third-order valence-corrected chi connectivity index (χ3v) is 11.7. The van der Waals surface area contributed by atoms with Gasteiger partial charge >= 0.3 is 209 Å². The number of rotatable bonds is 2. The fraction of sp³-hybridized carbons (Fsp3) is 0.484. The molecule has 4 rings (SSSR count). The maximum Gasteiger partial charge on any atom is -1.00 e. The van der Waals surface area contributed by atoms with Crippen molar-refractivity contribution in [2.75, 3.05) is 0 Å². The molecule has 0 amide bonds. The van der Waals surface area contributed by atoms with Crippen LogP contribution in [-0.4, -0.2) is 0 Å². The predicted octanol–water partition coefficient (Wildman–Crippen LogP) is 2.95. The first-order chi connectivity index (χ1) is 14.7. The van der Waals surface area contributed by atoms with Crippen LogP contribution in [0, 0.1) is 11.3 Å². The SMILES string of the molecule is CC1C=C(C(C)(C)C)C=[C]1[Zr+2][CH]1c2cc(C(C)(C)C)ccc2-c2ccc(C(C)(C)C)cc21.[Cl-].[Cl-]. The average molecular weight is 575 g/mol. The van der Waals surface area contributed by atoms with E-state index in [1.165, 1.54) is 27.8 Å². The summed E-state index contributed by atoms with van der Waals surface area (Å²) in [6, 6.07) is 14.7. The van der Waals surface area contributed by atoms with E-state index in [1.54, 1.807) is 14.4 Å². The molecule has 0 spiro atoms. The van der Waals surface area contributed by atoms with Crippen molar-refractivity contribution >= 4 is 0 Å². The first kappa shape index (κ1) is 29.6. The van der Waals surface area contributed by atoms with Crippen molar-refractivity contribution in [1.29, 1.82) is 0 Å². The molecule has 1 atom stereocenters. The van der Waals surface area contributed by atoms with E-state index in [2.05, 4.69) is 118 Å². The number of halogens is 2. The van der Waals surface area contributed by atoms with Crippen LogP contribution in [0.15, 0.2) is 57.4 Å². The second-order valence-electron chi connectivity index (χ2n) is 12.9. The third kappa shape index (κ3) is 5.69. The zero-order valence-electron chi connectivity index (χ0n) is 22.5. The Labute approximate surface area is 232 Å². The quantitative estimate of drug-likeness (QED) is 0.518. The van der Waals surface area contributed by atoms with Crippen LogP contribution >= 0.6 is 0 Å². The molecule has 0 aromatic heterocycles. The van der Waals surface area contributed by atoms with Crippen molar-refractivity contribution in [3.8, 4) is 11.1 Å². The molecule has 2 aromatic rings. The van der Waals surface area contributed by atoms with Crippen LogP contribution in [0.25, 0.3) is 11.1 Å². The average Bonchev–Trinajstić information content (AvgIpc) is 3.18. The summed E-state index contributed by atoms with van der Waals surface area (Å²) in [6.45, 7) is 23.5. The van der Waals surface area contributed by atoms with E-state index in [-0.39, 0.29) is 41.1 Å². The molecule has 0 fully saturated rings. The van der Waals surface area contributed by atoms with Gasteiger partial charge in [-0.25, -0.2) is 0 Å². The minimum absolute atomic E-state index is 0. The summed E-state index contributed by atoms with van der Waals surface area (Å²) in [5, 5.41) is 0. The molecule has 1 unspecified atom stereocenters. The van der Waals surface area contributed by atoms with Gasteiger partial charge in [0.2, 0.25) is 0 Å². The van der Waals surface area contributed by atoms with E-state index >= 15 is 0 Å². The smallest absolute Gasteiger partial charge is 1.00 e.